The molecule has 2 aromatic rings. The van der Waals surface area contributed by atoms with E-state index < -0.39 is 0 Å². The second-order valence-electron chi connectivity index (χ2n) is 6.72. The molecular formula is C18H24FN5O. The van der Waals surface area contributed by atoms with Crippen molar-refractivity contribution in [3.05, 3.63) is 53.1 Å². The summed E-state index contributed by atoms with van der Waals surface area (Å²) in [7, 11) is 5.80. The van der Waals surface area contributed by atoms with Gasteiger partial charge in [-0.25, -0.2) is 9.18 Å². The van der Waals surface area contributed by atoms with Crippen molar-refractivity contribution in [1.29, 1.82) is 0 Å². The Labute approximate surface area is 147 Å². The molecular weight excluding hydrogens is 321 g/mol. The molecule has 1 aromatic heterocycles. The summed E-state index contributed by atoms with van der Waals surface area (Å²) in [4.78, 5) is 14.3. The van der Waals surface area contributed by atoms with Gasteiger partial charge in [0, 0.05) is 25.4 Å². The summed E-state index contributed by atoms with van der Waals surface area (Å²) >= 11 is 0. The molecule has 0 saturated carbocycles. The number of nitrogens with zero attached hydrogens (tertiary/aromatic N) is 3. The minimum atomic E-state index is -0.267. The van der Waals surface area contributed by atoms with Crippen LogP contribution in [0.4, 0.5) is 9.18 Å². The number of carbonyl (C=O) groups excluding carboxylic acids is 1. The molecule has 3 rings (SSSR count). The number of hydrogen-bond donors (Lipinski definition) is 2. The van der Waals surface area contributed by atoms with Crippen LogP contribution in [0.5, 0.6) is 0 Å². The third kappa shape index (κ3) is 3.99. The van der Waals surface area contributed by atoms with E-state index in [-0.39, 0.29) is 23.9 Å². The van der Waals surface area contributed by atoms with E-state index in [0.29, 0.717) is 6.54 Å². The number of urea groups is 1. The molecule has 0 fully saturated rings. The number of amides is 2. The molecule has 2 amide bonds. The van der Waals surface area contributed by atoms with Crippen LogP contribution in [-0.4, -0.2) is 41.4 Å². The van der Waals surface area contributed by atoms with E-state index in [1.807, 2.05) is 32.2 Å². The first-order valence-electron chi connectivity index (χ1n) is 8.41. The average molecular weight is 345 g/mol. The summed E-state index contributed by atoms with van der Waals surface area (Å²) in [5.41, 5.74) is 3.03. The number of nitrogens with one attached hydrogen (secondary N) is 2. The number of fused-ring (bicyclic) bond motifs is 1. The number of halogens is 1. The zero-order chi connectivity index (χ0) is 18.0. The molecule has 7 heteroatoms. The number of likely N-dealkylation sites (N-methyl/N-ethyl adjacent to an activating group) is 1. The van der Waals surface area contributed by atoms with Gasteiger partial charge in [-0.3, -0.25) is 4.68 Å². The van der Waals surface area contributed by atoms with E-state index in [4.69, 9.17) is 0 Å². The van der Waals surface area contributed by atoms with Crippen molar-refractivity contribution in [2.24, 2.45) is 7.05 Å². The maximum absolute atomic E-state index is 13.5. The molecule has 2 atom stereocenters. The number of carbonyl (C=O) groups is 1. The smallest absolute Gasteiger partial charge is 0.315 e. The number of aryl methyl sites for hydroxylation is 2. The zero-order valence-electron chi connectivity index (χ0n) is 14.8. The van der Waals surface area contributed by atoms with Crippen molar-refractivity contribution in [2.75, 3.05) is 20.6 Å². The minimum Gasteiger partial charge on any atom is -0.336 e. The standard InChI is InChI=1S/C18H24FN5O/c1-23(2)17(13-9-21-24(3)11-13)10-20-18(25)22-16-7-5-12-4-6-14(19)8-15(12)16/h4,6,8-9,11,16-17H,5,7,10H2,1-3H3,(H2,20,22,25)/t16-,17+/m1/s1. The fourth-order valence-corrected chi connectivity index (χ4v) is 3.33. The second kappa shape index (κ2) is 7.23. The molecule has 1 heterocycles. The molecule has 1 aromatic carbocycles. The largest absolute Gasteiger partial charge is 0.336 e. The number of rotatable bonds is 5. The van der Waals surface area contributed by atoms with E-state index in [0.717, 1.165) is 29.5 Å². The third-order valence-electron chi connectivity index (χ3n) is 4.68. The van der Waals surface area contributed by atoms with Crippen LogP contribution in [0.3, 0.4) is 0 Å². The van der Waals surface area contributed by atoms with E-state index in [1.165, 1.54) is 12.1 Å². The number of hydrogen-bond acceptors (Lipinski definition) is 3. The van der Waals surface area contributed by atoms with Crippen LogP contribution in [-0.2, 0) is 13.5 Å². The summed E-state index contributed by atoms with van der Waals surface area (Å²) < 4.78 is 15.2. The van der Waals surface area contributed by atoms with Crippen LogP contribution in [0.25, 0.3) is 0 Å². The molecule has 0 spiro atoms. The van der Waals surface area contributed by atoms with Crippen LogP contribution < -0.4 is 10.6 Å². The Bertz CT molecular complexity index is 758. The molecule has 0 radical (unpaired) electrons. The fraction of sp³-hybridized carbons (Fsp3) is 0.444. The maximum atomic E-state index is 13.5. The van der Waals surface area contributed by atoms with Gasteiger partial charge in [-0.1, -0.05) is 6.07 Å². The Morgan fingerprint density at radius 2 is 2.28 bits per heavy atom. The fourth-order valence-electron chi connectivity index (χ4n) is 3.33. The number of benzene rings is 1. The Balaban J connectivity index is 1.59. The summed E-state index contributed by atoms with van der Waals surface area (Å²) in [5.74, 6) is -0.267. The van der Waals surface area contributed by atoms with Gasteiger partial charge >= 0.3 is 6.03 Å². The summed E-state index contributed by atoms with van der Waals surface area (Å²) in [5, 5.41) is 10.1. The SMILES string of the molecule is CN(C)[C@@H](CNC(=O)N[C@@H]1CCc2ccc(F)cc21)c1cnn(C)c1. The van der Waals surface area contributed by atoms with Gasteiger partial charge in [-0.05, 0) is 50.2 Å². The van der Waals surface area contributed by atoms with Gasteiger partial charge in [0.05, 0.1) is 18.3 Å². The van der Waals surface area contributed by atoms with Crippen molar-refractivity contribution in [3.63, 3.8) is 0 Å². The van der Waals surface area contributed by atoms with Gasteiger partial charge in [0.15, 0.2) is 0 Å². The first-order chi connectivity index (χ1) is 11.9. The van der Waals surface area contributed by atoms with E-state index in [1.54, 1.807) is 16.9 Å². The predicted molar refractivity (Wildman–Crippen MR) is 93.6 cm³/mol. The highest BCUT2D eigenvalue weighted by Crippen LogP contribution is 2.31. The molecule has 0 bridgehead atoms. The van der Waals surface area contributed by atoms with Crippen molar-refractivity contribution in [2.45, 2.75) is 24.9 Å². The summed E-state index contributed by atoms with van der Waals surface area (Å²) in [6.45, 7) is 0.466. The van der Waals surface area contributed by atoms with Gasteiger partial charge in [-0.2, -0.15) is 5.10 Å². The first-order valence-corrected chi connectivity index (χ1v) is 8.41. The molecule has 2 N–H and O–H groups in total. The maximum Gasteiger partial charge on any atom is 0.315 e. The van der Waals surface area contributed by atoms with Crippen molar-refractivity contribution >= 4 is 6.03 Å². The topological polar surface area (TPSA) is 62.2 Å². The second-order valence-corrected chi connectivity index (χ2v) is 6.72. The lowest BCUT2D eigenvalue weighted by molar-refractivity contribution is 0.229. The number of aromatic nitrogens is 2. The summed E-state index contributed by atoms with van der Waals surface area (Å²) in [6.07, 6.45) is 5.41. The highest BCUT2D eigenvalue weighted by atomic mass is 19.1. The zero-order valence-corrected chi connectivity index (χ0v) is 14.8. The van der Waals surface area contributed by atoms with Gasteiger partial charge in [-0.15, -0.1) is 0 Å². The molecule has 0 aliphatic heterocycles. The monoisotopic (exact) mass is 345 g/mol. The van der Waals surface area contributed by atoms with Gasteiger partial charge in [0.1, 0.15) is 5.82 Å². The highest BCUT2D eigenvalue weighted by Gasteiger charge is 2.25. The lowest BCUT2D eigenvalue weighted by Crippen LogP contribution is -2.41. The summed E-state index contributed by atoms with van der Waals surface area (Å²) in [6, 6.07) is 4.45. The van der Waals surface area contributed by atoms with Gasteiger partial charge in [0.25, 0.3) is 0 Å². The van der Waals surface area contributed by atoms with Crippen LogP contribution >= 0.6 is 0 Å². The first kappa shape index (κ1) is 17.4. The predicted octanol–water partition coefficient (Wildman–Crippen LogP) is 2.15. The Morgan fingerprint density at radius 1 is 1.48 bits per heavy atom. The van der Waals surface area contributed by atoms with Crippen LogP contribution in [0.1, 0.15) is 35.2 Å². The average Bonchev–Trinajstić information content (AvgIpc) is 3.14. The van der Waals surface area contributed by atoms with Crippen molar-refractivity contribution in [3.8, 4) is 0 Å². The van der Waals surface area contributed by atoms with E-state index >= 15 is 0 Å². The molecule has 0 saturated heterocycles. The minimum absolute atomic E-state index is 0.0350. The molecule has 1 aliphatic rings. The van der Waals surface area contributed by atoms with Crippen LogP contribution in [0.15, 0.2) is 30.6 Å². The molecule has 134 valence electrons. The molecule has 25 heavy (non-hydrogen) atoms. The molecule has 1 aliphatic carbocycles. The van der Waals surface area contributed by atoms with Crippen LogP contribution in [0, 0.1) is 5.82 Å². The van der Waals surface area contributed by atoms with E-state index in [2.05, 4.69) is 15.7 Å². The molecule has 0 unspecified atom stereocenters. The Hall–Kier alpha value is -2.41. The third-order valence-corrected chi connectivity index (χ3v) is 4.68. The lowest BCUT2D eigenvalue weighted by Gasteiger charge is -2.24. The Morgan fingerprint density at radius 3 is 2.96 bits per heavy atom. The van der Waals surface area contributed by atoms with E-state index in [9.17, 15) is 9.18 Å². The molecule has 6 nitrogen and oxygen atoms in total. The van der Waals surface area contributed by atoms with Gasteiger partial charge in [0.2, 0.25) is 0 Å². The van der Waals surface area contributed by atoms with Crippen molar-refractivity contribution in [1.82, 2.24) is 25.3 Å². The lowest BCUT2D eigenvalue weighted by atomic mass is 10.1. The highest BCUT2D eigenvalue weighted by molar-refractivity contribution is 5.74. The van der Waals surface area contributed by atoms with Crippen LogP contribution in [0.2, 0.25) is 0 Å². The quantitative estimate of drug-likeness (QED) is 0.873. The Kier molecular flexibility index (Phi) is 5.03. The normalized spacial score (nSPS) is 17.4. The van der Waals surface area contributed by atoms with Crippen molar-refractivity contribution < 1.29 is 9.18 Å². The van der Waals surface area contributed by atoms with Gasteiger partial charge < -0.3 is 15.5 Å².